The van der Waals surface area contributed by atoms with Crippen molar-refractivity contribution in [1.29, 1.82) is 0 Å². The summed E-state index contributed by atoms with van der Waals surface area (Å²) in [6.07, 6.45) is 0. The van der Waals surface area contributed by atoms with Crippen LogP contribution in [0.3, 0.4) is 0 Å². The summed E-state index contributed by atoms with van der Waals surface area (Å²) in [5.41, 5.74) is 1.27. The number of benzene rings is 2. The van der Waals surface area contributed by atoms with Crippen molar-refractivity contribution < 1.29 is 22.0 Å². The van der Waals surface area contributed by atoms with Crippen LogP contribution in [0.2, 0.25) is 0 Å². The Morgan fingerprint density at radius 3 is 2.27 bits per heavy atom. The van der Waals surface area contributed by atoms with Crippen molar-refractivity contribution in [3.05, 3.63) is 59.8 Å². The number of aromatic nitrogens is 1. The van der Waals surface area contributed by atoms with Gasteiger partial charge in [0.1, 0.15) is 11.6 Å². The van der Waals surface area contributed by atoms with Gasteiger partial charge in [0.2, 0.25) is 10.0 Å². The van der Waals surface area contributed by atoms with Gasteiger partial charge in [-0.3, -0.25) is 9.80 Å². The van der Waals surface area contributed by atoms with Crippen LogP contribution >= 0.6 is 11.3 Å². The number of hydrogen-bond donors (Lipinski definition) is 1. The quantitative estimate of drug-likeness (QED) is 0.652. The second-order valence-electron chi connectivity index (χ2n) is 6.49. The number of urea groups is 1. The summed E-state index contributed by atoms with van der Waals surface area (Å²) >= 11 is 0.795. The molecular weight excluding hydrogens is 434 g/mol. The lowest BCUT2D eigenvalue weighted by Crippen LogP contribution is -2.38. The summed E-state index contributed by atoms with van der Waals surface area (Å²) in [4.78, 5) is 19.4. The van der Waals surface area contributed by atoms with E-state index in [1.807, 2.05) is 0 Å². The Bertz CT molecular complexity index is 1210. The molecule has 30 heavy (non-hydrogen) atoms. The highest BCUT2D eigenvalue weighted by atomic mass is 32.2. The number of sulfonamides is 1. The number of aryl methyl sites for hydroxylation is 1. The van der Waals surface area contributed by atoms with Gasteiger partial charge in [-0.25, -0.2) is 32.1 Å². The summed E-state index contributed by atoms with van der Waals surface area (Å²) in [6, 6.07) is 9.04. The minimum Gasteiger partial charge on any atom is -0.297 e. The van der Waals surface area contributed by atoms with E-state index in [1.54, 1.807) is 24.3 Å². The van der Waals surface area contributed by atoms with Gasteiger partial charge >= 0.3 is 6.03 Å². The normalized spacial score (nSPS) is 11.4. The molecule has 0 aliphatic rings. The molecule has 0 bridgehead atoms. The monoisotopic (exact) mass is 452 g/mol. The summed E-state index contributed by atoms with van der Waals surface area (Å²) < 4.78 is 50.5. The van der Waals surface area contributed by atoms with Gasteiger partial charge in [0, 0.05) is 25.3 Å². The van der Waals surface area contributed by atoms with E-state index < -0.39 is 27.7 Å². The fourth-order valence-electron chi connectivity index (χ4n) is 2.78. The van der Waals surface area contributed by atoms with Crippen LogP contribution in [0.5, 0.6) is 0 Å². The SMILES string of the molecule is Cc1nc(N(C)C(=O)N(C)c2ccc(-c3cc(F)ccc3F)cc2)sc1S(N)(=O)=O. The topological polar surface area (TPSA) is 96.6 Å². The molecule has 0 aliphatic carbocycles. The third-order valence-corrected chi connectivity index (χ3v) is 7.14. The lowest BCUT2D eigenvalue weighted by Gasteiger charge is -2.23. The zero-order valence-corrected chi connectivity index (χ0v) is 17.9. The highest BCUT2D eigenvalue weighted by Crippen LogP contribution is 2.30. The standard InChI is InChI=1S/C19H18F2N4O3S2/c1-11-17(30(22,27)28)29-18(23-11)25(3)19(26)24(2)14-7-4-12(5-8-14)15-10-13(20)6-9-16(15)21/h4-10H,1-3H3,(H2,22,27,28). The number of thiazole rings is 1. The molecule has 0 fully saturated rings. The maximum absolute atomic E-state index is 14.0. The van der Waals surface area contributed by atoms with Crippen LogP contribution in [-0.2, 0) is 10.0 Å². The molecule has 3 aromatic rings. The van der Waals surface area contributed by atoms with Gasteiger partial charge in [-0.15, -0.1) is 0 Å². The Kier molecular flexibility index (Phi) is 5.88. The van der Waals surface area contributed by atoms with E-state index in [1.165, 1.54) is 30.8 Å². The van der Waals surface area contributed by atoms with E-state index in [9.17, 15) is 22.0 Å². The molecule has 0 spiro atoms. The van der Waals surface area contributed by atoms with E-state index >= 15 is 0 Å². The van der Waals surface area contributed by atoms with Crippen LogP contribution in [0.25, 0.3) is 11.1 Å². The number of nitrogens with two attached hydrogens (primary N) is 1. The summed E-state index contributed by atoms with van der Waals surface area (Å²) in [5.74, 6) is -1.11. The Morgan fingerprint density at radius 1 is 1.07 bits per heavy atom. The summed E-state index contributed by atoms with van der Waals surface area (Å²) in [5, 5.41) is 5.33. The average molecular weight is 453 g/mol. The van der Waals surface area contributed by atoms with Gasteiger partial charge in [0.25, 0.3) is 0 Å². The lowest BCUT2D eigenvalue weighted by atomic mass is 10.0. The lowest BCUT2D eigenvalue weighted by molar-refractivity contribution is 0.253. The number of amides is 2. The first-order valence-electron chi connectivity index (χ1n) is 8.56. The number of nitrogens with zero attached hydrogens (tertiary/aromatic N) is 3. The van der Waals surface area contributed by atoms with E-state index in [4.69, 9.17) is 5.14 Å². The molecule has 3 rings (SSSR count). The number of carbonyl (C=O) groups excluding carboxylic acids is 1. The van der Waals surface area contributed by atoms with E-state index in [-0.39, 0.29) is 20.6 Å². The summed E-state index contributed by atoms with van der Waals surface area (Å²) in [6.45, 7) is 1.49. The number of halogens is 2. The zero-order chi connectivity index (χ0) is 22.2. The minimum absolute atomic E-state index is 0.110. The number of carbonyl (C=O) groups is 1. The molecule has 0 saturated carbocycles. The number of hydrogen-bond acceptors (Lipinski definition) is 5. The van der Waals surface area contributed by atoms with Crippen molar-refractivity contribution in [2.24, 2.45) is 5.14 Å². The van der Waals surface area contributed by atoms with Crippen molar-refractivity contribution in [3.8, 4) is 11.1 Å². The number of anilines is 2. The van der Waals surface area contributed by atoms with Gasteiger partial charge < -0.3 is 0 Å². The molecule has 0 atom stereocenters. The van der Waals surface area contributed by atoms with Crippen molar-refractivity contribution in [1.82, 2.24) is 4.98 Å². The van der Waals surface area contributed by atoms with Crippen LogP contribution in [-0.4, -0.2) is 33.5 Å². The second-order valence-corrected chi connectivity index (χ2v) is 9.22. The largest absolute Gasteiger partial charge is 0.330 e. The van der Waals surface area contributed by atoms with Gasteiger partial charge in [0.05, 0.1) is 5.69 Å². The van der Waals surface area contributed by atoms with Gasteiger partial charge in [-0.2, -0.15) is 0 Å². The van der Waals surface area contributed by atoms with Gasteiger partial charge in [-0.1, -0.05) is 23.5 Å². The first-order chi connectivity index (χ1) is 14.0. The molecule has 0 unspecified atom stereocenters. The zero-order valence-electron chi connectivity index (χ0n) is 16.3. The van der Waals surface area contributed by atoms with Crippen LogP contribution < -0.4 is 14.9 Å². The maximum Gasteiger partial charge on any atom is 0.330 e. The Balaban J connectivity index is 1.83. The van der Waals surface area contributed by atoms with Crippen molar-refractivity contribution in [2.75, 3.05) is 23.9 Å². The third kappa shape index (κ3) is 4.32. The first-order valence-corrected chi connectivity index (χ1v) is 10.9. The molecule has 2 N–H and O–H groups in total. The van der Waals surface area contributed by atoms with Crippen molar-refractivity contribution in [2.45, 2.75) is 11.1 Å². The third-order valence-electron chi connectivity index (χ3n) is 4.36. The van der Waals surface area contributed by atoms with Crippen LogP contribution in [0, 0.1) is 18.6 Å². The maximum atomic E-state index is 14.0. The first kappa shape index (κ1) is 21.8. The Labute approximate surface area is 176 Å². The molecule has 0 aliphatic heterocycles. The second kappa shape index (κ2) is 8.09. The molecule has 2 amide bonds. The molecular formula is C19H18F2N4O3S2. The molecule has 7 nitrogen and oxygen atoms in total. The highest BCUT2D eigenvalue weighted by molar-refractivity contribution is 7.91. The van der Waals surface area contributed by atoms with Crippen LogP contribution in [0.4, 0.5) is 24.4 Å². The molecule has 0 saturated heterocycles. The minimum atomic E-state index is -3.93. The highest BCUT2D eigenvalue weighted by Gasteiger charge is 2.24. The van der Waals surface area contributed by atoms with Crippen LogP contribution in [0.1, 0.15) is 5.69 Å². The average Bonchev–Trinajstić information content (AvgIpc) is 3.10. The predicted molar refractivity (Wildman–Crippen MR) is 112 cm³/mol. The molecule has 11 heteroatoms. The molecule has 1 aromatic heterocycles. The van der Waals surface area contributed by atoms with Crippen molar-refractivity contribution in [3.63, 3.8) is 0 Å². The van der Waals surface area contributed by atoms with E-state index in [0.29, 0.717) is 11.3 Å². The molecule has 0 radical (unpaired) electrons. The molecule has 2 aromatic carbocycles. The molecule has 158 valence electrons. The van der Waals surface area contributed by atoms with Gasteiger partial charge in [0.15, 0.2) is 9.34 Å². The summed E-state index contributed by atoms with van der Waals surface area (Å²) in [7, 11) is -0.951. The van der Waals surface area contributed by atoms with E-state index in [0.717, 1.165) is 29.5 Å². The fourth-order valence-corrected chi connectivity index (χ4v) is 4.68. The number of rotatable bonds is 4. The van der Waals surface area contributed by atoms with Gasteiger partial charge in [-0.05, 0) is 42.8 Å². The Hall–Kier alpha value is -2.89. The fraction of sp³-hybridized carbons (Fsp3) is 0.158. The van der Waals surface area contributed by atoms with E-state index in [2.05, 4.69) is 4.98 Å². The number of primary sulfonamides is 1. The predicted octanol–water partition coefficient (Wildman–Crippen LogP) is 3.74. The molecule has 1 heterocycles. The van der Waals surface area contributed by atoms with Crippen molar-refractivity contribution >= 4 is 38.2 Å². The van der Waals surface area contributed by atoms with Crippen LogP contribution in [0.15, 0.2) is 46.7 Å². The smallest absolute Gasteiger partial charge is 0.297 e. The Morgan fingerprint density at radius 2 is 1.70 bits per heavy atom.